The number of carboxylic acids is 1. The van der Waals surface area contributed by atoms with Gasteiger partial charge in [0.25, 0.3) is 0 Å². The molecule has 4 nitrogen and oxygen atoms in total. The summed E-state index contributed by atoms with van der Waals surface area (Å²) in [6.45, 7) is 1.91. The van der Waals surface area contributed by atoms with Gasteiger partial charge in [0.15, 0.2) is 5.78 Å². The Morgan fingerprint density at radius 3 is 2.41 bits per heavy atom. The van der Waals surface area contributed by atoms with Crippen molar-refractivity contribution in [1.29, 1.82) is 0 Å². The van der Waals surface area contributed by atoms with Gasteiger partial charge in [0.05, 0.1) is 18.1 Å². The summed E-state index contributed by atoms with van der Waals surface area (Å²) in [5.74, 6) is -1.07. The van der Waals surface area contributed by atoms with Gasteiger partial charge in [-0.3, -0.25) is 9.59 Å². The fourth-order valence-corrected chi connectivity index (χ4v) is 3.47. The number of alkyl halides is 3. The Hall–Kier alpha value is -2.83. The lowest BCUT2D eigenvalue weighted by atomic mass is 9.98. The zero-order valence-corrected chi connectivity index (χ0v) is 15.9. The van der Waals surface area contributed by atoms with E-state index in [4.69, 9.17) is 9.84 Å². The van der Waals surface area contributed by atoms with E-state index in [2.05, 4.69) is 0 Å². The lowest BCUT2D eigenvalue weighted by Crippen LogP contribution is -2.16. The van der Waals surface area contributed by atoms with Crippen molar-refractivity contribution in [3.05, 3.63) is 53.1 Å². The molecule has 0 aliphatic heterocycles. The molecule has 0 heterocycles. The van der Waals surface area contributed by atoms with Gasteiger partial charge in [-0.1, -0.05) is 19.1 Å². The third-order valence-corrected chi connectivity index (χ3v) is 5.22. The number of halogens is 3. The normalized spacial score (nSPS) is 14.6. The summed E-state index contributed by atoms with van der Waals surface area (Å²) in [6, 6.07) is 8.18. The third kappa shape index (κ3) is 4.60. The van der Waals surface area contributed by atoms with Gasteiger partial charge in [-0.2, -0.15) is 13.2 Å². The molecule has 0 saturated carbocycles. The van der Waals surface area contributed by atoms with Crippen LogP contribution in [-0.4, -0.2) is 23.5 Å². The standard InChI is InChI=1S/C22H21F3O4/c1-2-13(21(27)28)9-10-29-20-12-17-15(5-8-19(17)26)11-18(20)14-3-6-16(7-4-14)22(23,24)25/h3-4,6-7,11-13H,2,5,8-10H2,1H3,(H,27,28). The highest BCUT2D eigenvalue weighted by molar-refractivity contribution is 6.01. The first-order valence-electron chi connectivity index (χ1n) is 9.44. The van der Waals surface area contributed by atoms with Crippen molar-refractivity contribution in [3.8, 4) is 16.9 Å². The molecule has 0 aromatic heterocycles. The first-order chi connectivity index (χ1) is 13.7. The Bertz CT molecular complexity index is 917. The van der Waals surface area contributed by atoms with Crippen molar-refractivity contribution in [2.75, 3.05) is 6.61 Å². The number of carbonyl (C=O) groups excluding carboxylic acids is 1. The molecule has 0 saturated heterocycles. The highest BCUT2D eigenvalue weighted by Gasteiger charge is 2.30. The minimum atomic E-state index is -4.42. The summed E-state index contributed by atoms with van der Waals surface area (Å²) in [4.78, 5) is 23.3. The van der Waals surface area contributed by atoms with Gasteiger partial charge in [-0.25, -0.2) is 0 Å². The average Bonchev–Trinajstić information content (AvgIpc) is 3.04. The second-order valence-electron chi connectivity index (χ2n) is 7.08. The SMILES string of the molecule is CCC(CCOc1cc2c(cc1-c1ccc(C(F)(F)F)cc1)CCC2=O)C(=O)O. The molecule has 0 bridgehead atoms. The molecule has 0 amide bonds. The zero-order valence-electron chi connectivity index (χ0n) is 15.9. The van der Waals surface area contributed by atoms with E-state index in [1.807, 2.05) is 0 Å². The number of ketones is 1. The number of benzene rings is 2. The molecule has 1 N–H and O–H groups in total. The molecule has 7 heteroatoms. The van der Waals surface area contributed by atoms with E-state index < -0.39 is 23.6 Å². The average molecular weight is 406 g/mol. The monoisotopic (exact) mass is 406 g/mol. The van der Waals surface area contributed by atoms with Gasteiger partial charge in [0.1, 0.15) is 5.75 Å². The van der Waals surface area contributed by atoms with Crippen LogP contribution >= 0.6 is 0 Å². The predicted molar refractivity (Wildman–Crippen MR) is 101 cm³/mol. The van der Waals surface area contributed by atoms with Crippen molar-refractivity contribution >= 4 is 11.8 Å². The molecule has 0 radical (unpaired) electrons. The molecule has 3 rings (SSSR count). The largest absolute Gasteiger partial charge is 0.493 e. The number of aliphatic carboxylic acids is 1. The van der Waals surface area contributed by atoms with E-state index in [0.717, 1.165) is 17.7 Å². The number of carboxylic acid groups (broad SMARTS) is 1. The highest BCUT2D eigenvalue weighted by atomic mass is 19.4. The summed E-state index contributed by atoms with van der Waals surface area (Å²) in [5.41, 5.74) is 1.79. The van der Waals surface area contributed by atoms with Gasteiger partial charge in [-0.15, -0.1) is 0 Å². The lowest BCUT2D eigenvalue weighted by molar-refractivity contribution is -0.142. The highest BCUT2D eigenvalue weighted by Crippen LogP contribution is 2.38. The maximum absolute atomic E-state index is 12.9. The van der Waals surface area contributed by atoms with E-state index in [1.165, 1.54) is 12.1 Å². The van der Waals surface area contributed by atoms with Crippen LogP contribution in [0.2, 0.25) is 0 Å². The summed E-state index contributed by atoms with van der Waals surface area (Å²) in [7, 11) is 0. The quantitative estimate of drug-likeness (QED) is 0.670. The number of hydrogen-bond donors (Lipinski definition) is 1. The Morgan fingerprint density at radius 1 is 1.14 bits per heavy atom. The second-order valence-corrected chi connectivity index (χ2v) is 7.08. The molecule has 2 aromatic rings. The number of aryl methyl sites for hydroxylation is 1. The van der Waals surface area contributed by atoms with E-state index in [0.29, 0.717) is 48.1 Å². The number of ether oxygens (including phenoxy) is 1. The topological polar surface area (TPSA) is 63.6 Å². The van der Waals surface area contributed by atoms with Crippen molar-refractivity contribution in [2.45, 2.75) is 38.8 Å². The van der Waals surface area contributed by atoms with Crippen molar-refractivity contribution in [2.24, 2.45) is 5.92 Å². The van der Waals surface area contributed by atoms with Gasteiger partial charge in [0.2, 0.25) is 0 Å². The molecule has 29 heavy (non-hydrogen) atoms. The van der Waals surface area contributed by atoms with Crippen LogP contribution in [0.3, 0.4) is 0 Å². The molecule has 1 aliphatic rings. The van der Waals surface area contributed by atoms with E-state index in [1.54, 1.807) is 19.1 Å². The predicted octanol–water partition coefficient (Wildman–Crippen LogP) is 5.38. The molecule has 0 fully saturated rings. The Kier molecular flexibility index (Phi) is 5.96. The molecule has 1 unspecified atom stereocenters. The maximum atomic E-state index is 12.9. The Morgan fingerprint density at radius 2 is 1.83 bits per heavy atom. The fourth-order valence-electron chi connectivity index (χ4n) is 3.47. The summed E-state index contributed by atoms with van der Waals surface area (Å²) in [6.07, 6.45) is -2.69. The molecular formula is C22H21F3O4. The third-order valence-electron chi connectivity index (χ3n) is 5.22. The summed E-state index contributed by atoms with van der Waals surface area (Å²) in [5, 5.41) is 9.16. The molecule has 0 spiro atoms. The Balaban J connectivity index is 1.91. The zero-order chi connectivity index (χ0) is 21.2. The van der Waals surface area contributed by atoms with Crippen LogP contribution in [0.4, 0.5) is 13.2 Å². The summed E-state index contributed by atoms with van der Waals surface area (Å²) < 4.78 is 44.4. The van der Waals surface area contributed by atoms with Crippen LogP contribution in [0.25, 0.3) is 11.1 Å². The van der Waals surface area contributed by atoms with Crippen LogP contribution < -0.4 is 4.74 Å². The number of hydrogen-bond acceptors (Lipinski definition) is 3. The van der Waals surface area contributed by atoms with Gasteiger partial charge >= 0.3 is 12.1 Å². The number of carbonyl (C=O) groups is 2. The minimum Gasteiger partial charge on any atom is -0.493 e. The Labute approximate surface area is 166 Å². The van der Waals surface area contributed by atoms with Gasteiger partial charge in [0, 0.05) is 17.5 Å². The van der Waals surface area contributed by atoms with Gasteiger partial charge in [-0.05, 0) is 54.7 Å². The van der Waals surface area contributed by atoms with Gasteiger partial charge < -0.3 is 9.84 Å². The summed E-state index contributed by atoms with van der Waals surface area (Å²) >= 11 is 0. The van der Waals surface area contributed by atoms with Crippen LogP contribution in [0.1, 0.15) is 47.7 Å². The number of rotatable bonds is 7. The molecule has 2 aromatic carbocycles. The number of fused-ring (bicyclic) bond motifs is 1. The molecule has 1 aliphatic carbocycles. The van der Waals surface area contributed by atoms with Crippen molar-refractivity contribution in [3.63, 3.8) is 0 Å². The maximum Gasteiger partial charge on any atom is 0.416 e. The van der Waals surface area contributed by atoms with E-state index in [9.17, 15) is 22.8 Å². The number of Topliss-reactive ketones (excluding diaryl/α,β-unsaturated/α-hetero) is 1. The van der Waals surface area contributed by atoms with E-state index >= 15 is 0 Å². The van der Waals surface area contributed by atoms with Crippen molar-refractivity contribution < 1.29 is 32.6 Å². The molecular weight excluding hydrogens is 385 g/mol. The van der Waals surface area contributed by atoms with Crippen LogP contribution in [0, 0.1) is 5.92 Å². The molecule has 154 valence electrons. The first kappa shape index (κ1) is 20.9. The van der Waals surface area contributed by atoms with E-state index in [-0.39, 0.29) is 12.4 Å². The second kappa shape index (κ2) is 8.27. The molecule has 1 atom stereocenters. The first-order valence-corrected chi connectivity index (χ1v) is 9.44. The minimum absolute atomic E-state index is 0.000732. The van der Waals surface area contributed by atoms with Crippen molar-refractivity contribution in [1.82, 2.24) is 0 Å². The van der Waals surface area contributed by atoms with Crippen LogP contribution in [-0.2, 0) is 17.4 Å². The fraction of sp³-hybridized carbons (Fsp3) is 0.364. The lowest BCUT2D eigenvalue weighted by Gasteiger charge is -2.16. The van der Waals surface area contributed by atoms with Crippen LogP contribution in [0.5, 0.6) is 5.75 Å². The smallest absolute Gasteiger partial charge is 0.416 e. The van der Waals surface area contributed by atoms with Crippen LogP contribution in [0.15, 0.2) is 36.4 Å².